The highest BCUT2D eigenvalue weighted by Gasteiger charge is 2.25. The molecule has 12 heavy (non-hydrogen) atoms. The van der Waals surface area contributed by atoms with Gasteiger partial charge in [-0.15, -0.1) is 0 Å². The zero-order chi connectivity index (χ0) is 8.97. The minimum Gasteiger partial charge on any atom is -0.395 e. The second kappa shape index (κ2) is 4.80. The van der Waals surface area contributed by atoms with Crippen LogP contribution in [0.4, 0.5) is 0 Å². The molecule has 2 N–H and O–H groups in total. The summed E-state index contributed by atoms with van der Waals surface area (Å²) < 4.78 is 0. The van der Waals surface area contributed by atoms with Gasteiger partial charge >= 0.3 is 0 Å². The monoisotopic (exact) mass is 172 g/mol. The molecule has 0 aromatic heterocycles. The first kappa shape index (κ1) is 9.96. The summed E-state index contributed by atoms with van der Waals surface area (Å²) in [4.78, 5) is 2.28. The van der Waals surface area contributed by atoms with Crippen molar-refractivity contribution in [2.45, 2.75) is 19.9 Å². The van der Waals surface area contributed by atoms with Crippen molar-refractivity contribution in [2.24, 2.45) is 5.92 Å². The molecule has 1 fully saturated rings. The van der Waals surface area contributed by atoms with E-state index in [-0.39, 0.29) is 0 Å². The van der Waals surface area contributed by atoms with Crippen molar-refractivity contribution in [3.05, 3.63) is 0 Å². The molecule has 1 saturated heterocycles. The molecule has 72 valence electrons. The molecule has 0 radical (unpaired) electrons. The van der Waals surface area contributed by atoms with Gasteiger partial charge in [0, 0.05) is 32.2 Å². The standard InChI is InChI=1S/C9H20N2O/c1-8(2)10-5-9-6-11(7-9)3-4-12/h8-10,12H,3-7H2,1-2H3. The molecule has 0 atom stereocenters. The van der Waals surface area contributed by atoms with E-state index in [1.54, 1.807) is 0 Å². The molecular formula is C9H20N2O. The van der Waals surface area contributed by atoms with Crippen LogP contribution in [-0.2, 0) is 0 Å². The molecule has 1 aliphatic heterocycles. The van der Waals surface area contributed by atoms with Gasteiger partial charge < -0.3 is 15.3 Å². The third kappa shape index (κ3) is 3.09. The molecule has 0 aliphatic carbocycles. The summed E-state index contributed by atoms with van der Waals surface area (Å²) in [6.07, 6.45) is 0. The van der Waals surface area contributed by atoms with E-state index in [9.17, 15) is 0 Å². The van der Waals surface area contributed by atoms with Crippen LogP contribution in [0.1, 0.15) is 13.8 Å². The molecule has 0 spiro atoms. The van der Waals surface area contributed by atoms with Gasteiger partial charge in [-0.05, 0) is 5.92 Å². The van der Waals surface area contributed by atoms with Gasteiger partial charge in [0.05, 0.1) is 6.61 Å². The molecule has 0 aromatic carbocycles. The average molecular weight is 172 g/mol. The molecule has 3 heteroatoms. The van der Waals surface area contributed by atoms with Crippen LogP contribution >= 0.6 is 0 Å². The van der Waals surface area contributed by atoms with E-state index in [1.807, 2.05) is 0 Å². The Morgan fingerprint density at radius 3 is 2.67 bits per heavy atom. The predicted octanol–water partition coefficient (Wildman–Crippen LogP) is -0.0915. The summed E-state index contributed by atoms with van der Waals surface area (Å²) in [7, 11) is 0. The Bertz CT molecular complexity index is 122. The van der Waals surface area contributed by atoms with Crippen molar-refractivity contribution >= 4 is 0 Å². The minimum absolute atomic E-state index is 0.296. The number of β-amino-alcohol motifs (C(OH)–C–C–N with tert-alkyl or cyclic N) is 1. The van der Waals surface area contributed by atoms with Crippen molar-refractivity contribution in [3.63, 3.8) is 0 Å². The molecular weight excluding hydrogens is 152 g/mol. The quantitative estimate of drug-likeness (QED) is 0.608. The topological polar surface area (TPSA) is 35.5 Å². The second-order valence-electron chi connectivity index (χ2n) is 3.91. The fraction of sp³-hybridized carbons (Fsp3) is 1.00. The molecule has 0 aromatic rings. The van der Waals surface area contributed by atoms with Gasteiger partial charge in [-0.25, -0.2) is 0 Å². The van der Waals surface area contributed by atoms with Crippen LogP contribution in [0, 0.1) is 5.92 Å². The van der Waals surface area contributed by atoms with E-state index in [4.69, 9.17) is 5.11 Å². The van der Waals surface area contributed by atoms with Gasteiger partial charge in [0.25, 0.3) is 0 Å². The first-order chi connectivity index (χ1) is 5.72. The van der Waals surface area contributed by atoms with Gasteiger partial charge in [-0.2, -0.15) is 0 Å². The molecule has 3 nitrogen and oxygen atoms in total. The zero-order valence-electron chi connectivity index (χ0n) is 8.08. The maximum Gasteiger partial charge on any atom is 0.0558 e. The SMILES string of the molecule is CC(C)NCC1CN(CCO)C1. The largest absolute Gasteiger partial charge is 0.395 e. The van der Waals surface area contributed by atoms with Crippen LogP contribution in [0.2, 0.25) is 0 Å². The summed E-state index contributed by atoms with van der Waals surface area (Å²) in [5.41, 5.74) is 0. The van der Waals surface area contributed by atoms with Gasteiger partial charge in [-0.3, -0.25) is 0 Å². The van der Waals surface area contributed by atoms with Gasteiger partial charge in [0.1, 0.15) is 0 Å². The number of nitrogens with one attached hydrogen (secondary N) is 1. The van der Waals surface area contributed by atoms with E-state index in [2.05, 4.69) is 24.1 Å². The first-order valence-corrected chi connectivity index (χ1v) is 4.79. The molecule has 0 saturated carbocycles. The van der Waals surface area contributed by atoms with Crippen LogP contribution in [0.3, 0.4) is 0 Å². The minimum atomic E-state index is 0.296. The zero-order valence-corrected chi connectivity index (χ0v) is 8.08. The Morgan fingerprint density at radius 2 is 2.17 bits per heavy atom. The Labute approximate surface area is 74.8 Å². The highest BCUT2D eigenvalue weighted by Crippen LogP contribution is 2.13. The van der Waals surface area contributed by atoms with Crippen LogP contribution in [0.15, 0.2) is 0 Å². The normalized spacial score (nSPS) is 20.0. The lowest BCUT2D eigenvalue weighted by Crippen LogP contribution is -2.52. The molecule has 1 aliphatic rings. The van der Waals surface area contributed by atoms with E-state index in [0.717, 1.165) is 32.1 Å². The van der Waals surface area contributed by atoms with E-state index in [1.165, 1.54) is 0 Å². The predicted molar refractivity (Wildman–Crippen MR) is 50.2 cm³/mol. The smallest absolute Gasteiger partial charge is 0.0558 e. The Balaban J connectivity index is 1.95. The molecule has 1 rings (SSSR count). The number of aliphatic hydroxyl groups is 1. The summed E-state index contributed by atoms with van der Waals surface area (Å²) >= 11 is 0. The highest BCUT2D eigenvalue weighted by molar-refractivity contribution is 4.81. The van der Waals surface area contributed by atoms with Crippen molar-refractivity contribution < 1.29 is 5.11 Å². The maximum absolute atomic E-state index is 8.65. The molecule has 0 unspecified atom stereocenters. The Morgan fingerprint density at radius 1 is 1.50 bits per heavy atom. The van der Waals surface area contributed by atoms with E-state index in [0.29, 0.717) is 12.6 Å². The molecule has 0 amide bonds. The van der Waals surface area contributed by atoms with E-state index >= 15 is 0 Å². The lowest BCUT2D eigenvalue weighted by atomic mass is 10.0. The lowest BCUT2D eigenvalue weighted by molar-refractivity contribution is 0.0767. The van der Waals surface area contributed by atoms with Crippen LogP contribution in [0.5, 0.6) is 0 Å². The number of hydrogen-bond donors (Lipinski definition) is 2. The number of hydrogen-bond acceptors (Lipinski definition) is 3. The molecule has 1 heterocycles. The number of aliphatic hydroxyl groups excluding tert-OH is 1. The summed E-state index contributed by atoms with van der Waals surface area (Å²) in [6.45, 7) is 8.91. The summed E-state index contributed by atoms with van der Waals surface area (Å²) in [6, 6.07) is 0.594. The molecule has 0 bridgehead atoms. The highest BCUT2D eigenvalue weighted by atomic mass is 16.3. The van der Waals surface area contributed by atoms with Crippen molar-refractivity contribution in [3.8, 4) is 0 Å². The van der Waals surface area contributed by atoms with E-state index < -0.39 is 0 Å². The fourth-order valence-corrected chi connectivity index (χ4v) is 1.53. The van der Waals surface area contributed by atoms with Crippen molar-refractivity contribution in [1.82, 2.24) is 10.2 Å². The third-order valence-corrected chi connectivity index (χ3v) is 2.26. The summed E-state index contributed by atoms with van der Waals surface area (Å²) in [5, 5.41) is 12.1. The van der Waals surface area contributed by atoms with Gasteiger partial charge in [-0.1, -0.05) is 13.8 Å². The van der Waals surface area contributed by atoms with Crippen molar-refractivity contribution in [2.75, 3.05) is 32.8 Å². The second-order valence-corrected chi connectivity index (χ2v) is 3.91. The number of likely N-dealkylation sites (tertiary alicyclic amines) is 1. The third-order valence-electron chi connectivity index (χ3n) is 2.26. The first-order valence-electron chi connectivity index (χ1n) is 4.79. The summed E-state index contributed by atoms with van der Waals surface area (Å²) in [5.74, 6) is 0.805. The van der Waals surface area contributed by atoms with Gasteiger partial charge in [0.2, 0.25) is 0 Å². The number of rotatable bonds is 5. The average Bonchev–Trinajstić information content (AvgIpc) is 1.93. The van der Waals surface area contributed by atoms with Crippen molar-refractivity contribution in [1.29, 1.82) is 0 Å². The lowest BCUT2D eigenvalue weighted by Gasteiger charge is -2.39. The van der Waals surface area contributed by atoms with Crippen LogP contribution in [-0.4, -0.2) is 48.8 Å². The maximum atomic E-state index is 8.65. The van der Waals surface area contributed by atoms with Crippen LogP contribution < -0.4 is 5.32 Å². The van der Waals surface area contributed by atoms with Gasteiger partial charge in [0.15, 0.2) is 0 Å². The Kier molecular flexibility index (Phi) is 3.98. The number of nitrogens with zero attached hydrogens (tertiary/aromatic N) is 1. The fourth-order valence-electron chi connectivity index (χ4n) is 1.53. The Hall–Kier alpha value is -0.120. The van der Waals surface area contributed by atoms with Crippen LogP contribution in [0.25, 0.3) is 0 Å².